The van der Waals surface area contributed by atoms with Crippen LogP contribution in [-0.2, 0) is 11.2 Å². The Morgan fingerprint density at radius 1 is 1.30 bits per heavy atom. The topological polar surface area (TPSA) is 76.3 Å². The van der Waals surface area contributed by atoms with Crippen molar-refractivity contribution in [1.82, 2.24) is 9.88 Å². The molecule has 1 aromatic carbocycles. The molecule has 0 fully saturated rings. The average molecular weight is 313 g/mol. The van der Waals surface area contributed by atoms with Gasteiger partial charge in [0.2, 0.25) is 5.91 Å². The highest BCUT2D eigenvalue weighted by molar-refractivity contribution is 5.76. The van der Waals surface area contributed by atoms with Gasteiger partial charge >= 0.3 is 0 Å². The van der Waals surface area contributed by atoms with Gasteiger partial charge in [-0.2, -0.15) is 0 Å². The minimum atomic E-state index is -0.429. The molecule has 6 heteroatoms. The zero-order chi connectivity index (χ0) is 16.8. The number of carbonyl (C=O) groups is 1. The number of aryl methyl sites for hydroxylation is 1. The normalized spacial score (nSPS) is 11.7. The van der Waals surface area contributed by atoms with Crippen LogP contribution in [0.5, 0.6) is 0 Å². The molecule has 0 radical (unpaired) electrons. The first-order chi connectivity index (χ1) is 11.0. The number of rotatable bonds is 6. The van der Waals surface area contributed by atoms with Crippen molar-refractivity contribution in [3.05, 3.63) is 70.0 Å². The quantitative estimate of drug-likeness (QED) is 0.606. The summed E-state index contributed by atoms with van der Waals surface area (Å²) in [5, 5.41) is 10.9. The number of nitro groups is 1. The van der Waals surface area contributed by atoms with Crippen molar-refractivity contribution < 1.29 is 9.72 Å². The molecule has 0 aliphatic heterocycles. The lowest BCUT2D eigenvalue weighted by molar-refractivity contribution is -0.384. The second-order valence-corrected chi connectivity index (χ2v) is 5.39. The van der Waals surface area contributed by atoms with Crippen molar-refractivity contribution in [3.63, 3.8) is 0 Å². The summed E-state index contributed by atoms with van der Waals surface area (Å²) >= 11 is 0. The van der Waals surface area contributed by atoms with Crippen LogP contribution in [0.1, 0.15) is 30.5 Å². The van der Waals surface area contributed by atoms with E-state index in [9.17, 15) is 14.9 Å². The number of nitrogens with zero attached hydrogens (tertiary/aromatic N) is 3. The Balaban J connectivity index is 2.01. The number of non-ortho nitro benzene ring substituents is 1. The van der Waals surface area contributed by atoms with E-state index in [0.717, 1.165) is 11.1 Å². The summed E-state index contributed by atoms with van der Waals surface area (Å²) in [4.78, 5) is 28.3. The Morgan fingerprint density at radius 2 is 2.00 bits per heavy atom. The number of hydrogen-bond acceptors (Lipinski definition) is 4. The van der Waals surface area contributed by atoms with E-state index in [4.69, 9.17) is 0 Å². The lowest BCUT2D eigenvalue weighted by Gasteiger charge is -2.25. The molecule has 120 valence electrons. The van der Waals surface area contributed by atoms with Crippen LogP contribution in [0.2, 0.25) is 0 Å². The minimum Gasteiger partial charge on any atom is -0.339 e. The van der Waals surface area contributed by atoms with Gasteiger partial charge in [0.25, 0.3) is 5.69 Å². The molecule has 0 saturated heterocycles. The number of pyridine rings is 1. The molecule has 1 aromatic heterocycles. The fourth-order valence-electron chi connectivity index (χ4n) is 2.31. The SMILES string of the molecule is CC(c1cccc([N+](=O)[O-])c1)N(C)C(=O)CCc1ccncc1. The molecule has 0 spiro atoms. The third kappa shape index (κ3) is 4.35. The molecule has 2 rings (SSSR count). The molecule has 6 nitrogen and oxygen atoms in total. The summed E-state index contributed by atoms with van der Waals surface area (Å²) in [6.45, 7) is 1.86. The van der Waals surface area contributed by atoms with Gasteiger partial charge in [-0.05, 0) is 36.6 Å². The number of hydrogen-bond donors (Lipinski definition) is 0. The van der Waals surface area contributed by atoms with Crippen LogP contribution in [0.15, 0.2) is 48.8 Å². The van der Waals surface area contributed by atoms with Gasteiger partial charge in [0.05, 0.1) is 11.0 Å². The molecular formula is C17H19N3O3. The molecule has 1 unspecified atom stereocenters. The Labute approximate surface area is 134 Å². The maximum absolute atomic E-state index is 12.3. The van der Waals surface area contributed by atoms with Crippen LogP contribution in [-0.4, -0.2) is 27.8 Å². The second-order valence-electron chi connectivity index (χ2n) is 5.39. The van der Waals surface area contributed by atoms with Crippen molar-refractivity contribution in [3.8, 4) is 0 Å². The molecule has 0 saturated carbocycles. The van der Waals surface area contributed by atoms with Crippen molar-refractivity contribution in [2.45, 2.75) is 25.8 Å². The molecule has 23 heavy (non-hydrogen) atoms. The number of amides is 1. The summed E-state index contributed by atoms with van der Waals surface area (Å²) in [6, 6.07) is 9.94. The van der Waals surface area contributed by atoms with Gasteiger partial charge in [-0.15, -0.1) is 0 Å². The fraction of sp³-hybridized carbons (Fsp3) is 0.294. The Kier molecular flexibility index (Phi) is 5.41. The zero-order valence-electron chi connectivity index (χ0n) is 13.2. The predicted octanol–water partition coefficient (Wildman–Crippen LogP) is 3.14. The summed E-state index contributed by atoms with van der Waals surface area (Å²) in [6.07, 6.45) is 4.44. The van der Waals surface area contributed by atoms with Gasteiger partial charge in [0.15, 0.2) is 0 Å². The molecule has 2 aromatic rings. The molecular weight excluding hydrogens is 294 g/mol. The summed E-state index contributed by atoms with van der Waals surface area (Å²) in [5.41, 5.74) is 1.84. The first-order valence-corrected chi connectivity index (χ1v) is 7.38. The smallest absolute Gasteiger partial charge is 0.269 e. The summed E-state index contributed by atoms with van der Waals surface area (Å²) in [7, 11) is 1.72. The first kappa shape index (κ1) is 16.6. The number of benzene rings is 1. The van der Waals surface area contributed by atoms with Crippen molar-refractivity contribution in [1.29, 1.82) is 0 Å². The lowest BCUT2D eigenvalue weighted by Crippen LogP contribution is -2.29. The van der Waals surface area contributed by atoms with Gasteiger partial charge in [0, 0.05) is 38.0 Å². The molecule has 1 heterocycles. The maximum Gasteiger partial charge on any atom is 0.269 e. The van der Waals surface area contributed by atoms with E-state index in [1.807, 2.05) is 19.1 Å². The van der Waals surface area contributed by atoms with Crippen molar-refractivity contribution in [2.24, 2.45) is 0 Å². The Bertz CT molecular complexity index is 688. The van der Waals surface area contributed by atoms with Gasteiger partial charge in [-0.3, -0.25) is 19.9 Å². The maximum atomic E-state index is 12.3. The van der Waals surface area contributed by atoms with E-state index < -0.39 is 4.92 Å². The van der Waals surface area contributed by atoms with Crippen molar-refractivity contribution in [2.75, 3.05) is 7.05 Å². The van der Waals surface area contributed by atoms with Crippen LogP contribution in [0, 0.1) is 10.1 Å². The molecule has 0 aliphatic carbocycles. The predicted molar refractivity (Wildman–Crippen MR) is 86.8 cm³/mol. The van der Waals surface area contributed by atoms with Gasteiger partial charge in [0.1, 0.15) is 0 Å². The fourth-order valence-corrected chi connectivity index (χ4v) is 2.31. The summed E-state index contributed by atoms with van der Waals surface area (Å²) in [5.74, 6) is 0.000758. The molecule has 0 aliphatic rings. The summed E-state index contributed by atoms with van der Waals surface area (Å²) < 4.78 is 0. The highest BCUT2D eigenvalue weighted by atomic mass is 16.6. The highest BCUT2D eigenvalue weighted by Gasteiger charge is 2.19. The van der Waals surface area contributed by atoms with Crippen LogP contribution in [0.25, 0.3) is 0 Å². The zero-order valence-corrected chi connectivity index (χ0v) is 13.2. The number of aromatic nitrogens is 1. The van der Waals surface area contributed by atoms with Gasteiger partial charge < -0.3 is 4.90 Å². The monoisotopic (exact) mass is 313 g/mol. The van der Waals surface area contributed by atoms with Crippen LogP contribution >= 0.6 is 0 Å². The van der Waals surface area contributed by atoms with E-state index in [0.29, 0.717) is 12.8 Å². The van der Waals surface area contributed by atoms with Crippen LogP contribution < -0.4 is 0 Å². The van der Waals surface area contributed by atoms with Crippen LogP contribution in [0.3, 0.4) is 0 Å². The number of carbonyl (C=O) groups excluding carboxylic acids is 1. The third-order valence-corrected chi connectivity index (χ3v) is 3.91. The third-order valence-electron chi connectivity index (χ3n) is 3.91. The molecule has 0 N–H and O–H groups in total. The highest BCUT2D eigenvalue weighted by Crippen LogP contribution is 2.23. The van der Waals surface area contributed by atoms with Crippen molar-refractivity contribution >= 4 is 11.6 Å². The van der Waals surface area contributed by atoms with Crippen LogP contribution in [0.4, 0.5) is 5.69 Å². The first-order valence-electron chi connectivity index (χ1n) is 7.38. The minimum absolute atomic E-state index is 0.000758. The van der Waals surface area contributed by atoms with E-state index >= 15 is 0 Å². The van der Waals surface area contributed by atoms with Gasteiger partial charge in [-0.1, -0.05) is 12.1 Å². The number of nitro benzene ring substituents is 1. The van der Waals surface area contributed by atoms with E-state index in [-0.39, 0.29) is 17.6 Å². The largest absolute Gasteiger partial charge is 0.339 e. The second kappa shape index (κ2) is 7.49. The molecule has 1 atom stereocenters. The van der Waals surface area contributed by atoms with Gasteiger partial charge in [-0.25, -0.2) is 0 Å². The molecule has 1 amide bonds. The molecule has 0 bridgehead atoms. The standard InChI is InChI=1S/C17H19N3O3/c1-13(15-4-3-5-16(12-15)20(22)23)19(2)17(21)7-6-14-8-10-18-11-9-14/h3-5,8-13H,6-7H2,1-2H3. The lowest BCUT2D eigenvalue weighted by atomic mass is 10.1. The van der Waals surface area contributed by atoms with E-state index in [1.54, 1.807) is 36.5 Å². The average Bonchev–Trinajstić information content (AvgIpc) is 2.59. The van der Waals surface area contributed by atoms with E-state index in [1.165, 1.54) is 12.1 Å². The Morgan fingerprint density at radius 3 is 2.65 bits per heavy atom. The Hall–Kier alpha value is -2.76. The van der Waals surface area contributed by atoms with E-state index in [2.05, 4.69) is 4.98 Å².